The quantitative estimate of drug-likeness (QED) is 0.668. The second kappa shape index (κ2) is 3.51. The molecule has 1 rings (SSSR count). The lowest BCUT2D eigenvalue weighted by molar-refractivity contribution is 1.41. The zero-order valence-electron chi connectivity index (χ0n) is 6.88. The normalized spacial score (nSPS) is 13.0. The molecule has 11 heavy (non-hydrogen) atoms. The van der Waals surface area contributed by atoms with Crippen molar-refractivity contribution in [1.82, 2.24) is 0 Å². The van der Waals surface area contributed by atoms with E-state index in [1.165, 1.54) is 5.56 Å². The molecule has 0 radical (unpaired) electrons. The molecule has 1 aromatic rings. The van der Waals surface area contributed by atoms with Crippen molar-refractivity contribution < 1.29 is 0 Å². The summed E-state index contributed by atoms with van der Waals surface area (Å²) in [5.74, 6) is 1.01. The highest BCUT2D eigenvalue weighted by Crippen LogP contribution is 2.48. The summed E-state index contributed by atoms with van der Waals surface area (Å²) in [4.78, 5) is 0. The van der Waals surface area contributed by atoms with Crippen molar-refractivity contribution in [3.8, 4) is 0 Å². The molecule has 0 bridgehead atoms. The molecule has 0 aliphatic carbocycles. The van der Waals surface area contributed by atoms with Gasteiger partial charge in [0.05, 0.1) is 0 Å². The summed E-state index contributed by atoms with van der Waals surface area (Å²) in [6, 6.07) is 10.4. The van der Waals surface area contributed by atoms with Crippen LogP contribution in [0.3, 0.4) is 0 Å². The van der Waals surface area contributed by atoms with Gasteiger partial charge in [-0.2, -0.15) is 9.24 Å². The maximum atomic E-state index is 6.15. The van der Waals surface area contributed by atoms with Crippen LogP contribution >= 0.6 is 19.9 Å². The topological polar surface area (TPSA) is 0 Å². The maximum absolute atomic E-state index is 6.15. The highest BCUT2D eigenvalue weighted by Gasteiger charge is 2.06. The molecule has 62 valence electrons. The van der Waals surface area contributed by atoms with Crippen molar-refractivity contribution in [2.24, 2.45) is 0 Å². The summed E-state index contributed by atoms with van der Waals surface area (Å²) in [5, 5.41) is 0. The third kappa shape index (κ3) is 3.68. The summed E-state index contributed by atoms with van der Waals surface area (Å²) in [7, 11) is 5.25. The highest BCUT2D eigenvalue weighted by molar-refractivity contribution is 8.49. The Kier molecular flexibility index (Phi) is 2.85. The Hall–Kier alpha value is -0.140. The molecule has 2 heteroatoms. The van der Waals surface area contributed by atoms with Crippen LogP contribution in [0.4, 0.5) is 0 Å². The number of hydrogen-bond donors (Lipinski definition) is 0. The molecular weight excluding hydrogens is 176 g/mol. The molecule has 0 unspecified atom stereocenters. The van der Waals surface area contributed by atoms with Gasteiger partial charge in [-0.1, -0.05) is 41.0 Å². The Morgan fingerprint density at radius 3 is 2.18 bits per heavy atom. The molecule has 0 fully saturated rings. The molecule has 0 saturated carbocycles. The smallest absolute Gasteiger partial charge is 0.0146 e. The minimum absolute atomic E-state index is 0.905. The van der Waals surface area contributed by atoms with Crippen LogP contribution in [0, 0.1) is 0 Å². The van der Waals surface area contributed by atoms with Crippen molar-refractivity contribution in [3.05, 3.63) is 35.9 Å². The van der Waals surface area contributed by atoms with Gasteiger partial charge in [-0.3, -0.25) is 0 Å². The number of hydrogen-bond acceptors (Lipinski definition) is 0. The second-order valence-corrected chi connectivity index (χ2v) is 8.63. The van der Waals surface area contributed by atoms with Crippen molar-refractivity contribution >= 4 is 19.9 Å². The van der Waals surface area contributed by atoms with Crippen molar-refractivity contribution in [1.29, 1.82) is 0 Å². The van der Waals surface area contributed by atoms with Crippen LogP contribution in [-0.4, -0.2) is 12.5 Å². The predicted molar refractivity (Wildman–Crippen MR) is 55.4 cm³/mol. The minimum atomic E-state index is -0.905. The minimum Gasteiger partial charge on any atom is -0.165 e. The van der Waals surface area contributed by atoms with Gasteiger partial charge in [0.2, 0.25) is 0 Å². The Labute approximate surface area is 74.4 Å². The first-order valence-electron chi connectivity index (χ1n) is 3.52. The average Bonchev–Trinajstić information content (AvgIpc) is 1.85. The molecule has 0 saturated heterocycles. The highest BCUT2D eigenvalue weighted by atomic mass is 35.7. The third-order valence-corrected chi connectivity index (χ3v) is 2.70. The van der Waals surface area contributed by atoms with Gasteiger partial charge in [-0.25, -0.2) is 0 Å². The Morgan fingerprint density at radius 2 is 1.73 bits per heavy atom. The molecule has 0 nitrogen and oxygen atoms in total. The van der Waals surface area contributed by atoms with Gasteiger partial charge < -0.3 is 0 Å². The van der Waals surface area contributed by atoms with Gasteiger partial charge in [0.15, 0.2) is 0 Å². The van der Waals surface area contributed by atoms with Crippen LogP contribution in [0.5, 0.6) is 0 Å². The molecule has 0 amide bonds. The summed E-state index contributed by atoms with van der Waals surface area (Å²) in [6.07, 6.45) is 4.23. The summed E-state index contributed by atoms with van der Waals surface area (Å²) in [6.45, 7) is 0. The SMILES string of the molecule is CS(C)(Cl)Cc1ccccc1. The van der Waals surface area contributed by atoms with Crippen LogP contribution in [-0.2, 0) is 5.75 Å². The zero-order chi connectivity index (χ0) is 8.32. The van der Waals surface area contributed by atoms with Crippen LogP contribution in [0.15, 0.2) is 30.3 Å². The van der Waals surface area contributed by atoms with E-state index in [1.54, 1.807) is 0 Å². The molecule has 0 aliphatic rings. The first-order chi connectivity index (χ1) is 5.08. The van der Waals surface area contributed by atoms with E-state index in [9.17, 15) is 0 Å². The fourth-order valence-corrected chi connectivity index (χ4v) is 2.33. The van der Waals surface area contributed by atoms with E-state index >= 15 is 0 Å². The first-order valence-corrected chi connectivity index (χ1v) is 6.97. The lowest BCUT2D eigenvalue weighted by Gasteiger charge is -2.21. The van der Waals surface area contributed by atoms with E-state index in [-0.39, 0.29) is 0 Å². The first kappa shape index (κ1) is 8.95. The number of halogens is 1. The van der Waals surface area contributed by atoms with Crippen LogP contribution in [0.25, 0.3) is 0 Å². The molecule has 0 aliphatic heterocycles. The molecule has 0 N–H and O–H groups in total. The van der Waals surface area contributed by atoms with E-state index in [0.29, 0.717) is 0 Å². The molecule has 0 heterocycles. The maximum Gasteiger partial charge on any atom is 0.0146 e. The van der Waals surface area contributed by atoms with Crippen molar-refractivity contribution in [2.75, 3.05) is 12.5 Å². The standard InChI is InChI=1S/C9H13ClS/c1-11(2,10)8-9-6-4-3-5-7-9/h3-7H,8H2,1-2H3. The van der Waals surface area contributed by atoms with Gasteiger partial charge in [-0.05, 0) is 18.1 Å². The van der Waals surface area contributed by atoms with E-state index < -0.39 is 9.24 Å². The Bertz CT molecular complexity index is 213. The largest absolute Gasteiger partial charge is 0.165 e. The Morgan fingerprint density at radius 1 is 1.18 bits per heavy atom. The van der Waals surface area contributed by atoms with Gasteiger partial charge in [-0.15, -0.1) is 0 Å². The predicted octanol–water partition coefficient (Wildman–Crippen LogP) is 3.40. The zero-order valence-corrected chi connectivity index (χ0v) is 8.45. The number of benzene rings is 1. The average molecular weight is 189 g/mol. The lowest BCUT2D eigenvalue weighted by atomic mass is 10.2. The summed E-state index contributed by atoms with van der Waals surface area (Å²) >= 11 is 0. The van der Waals surface area contributed by atoms with Gasteiger partial charge in [0.1, 0.15) is 0 Å². The van der Waals surface area contributed by atoms with E-state index in [0.717, 1.165) is 5.75 Å². The van der Waals surface area contributed by atoms with E-state index in [1.807, 2.05) is 6.07 Å². The summed E-state index contributed by atoms with van der Waals surface area (Å²) < 4.78 is 0. The summed E-state index contributed by atoms with van der Waals surface area (Å²) in [5.41, 5.74) is 1.34. The fourth-order valence-electron chi connectivity index (χ4n) is 0.971. The molecular formula is C9H13ClS. The van der Waals surface area contributed by atoms with E-state index in [2.05, 4.69) is 36.8 Å². The lowest BCUT2D eigenvalue weighted by Crippen LogP contribution is -1.90. The van der Waals surface area contributed by atoms with Crippen LogP contribution in [0.1, 0.15) is 5.56 Å². The second-order valence-electron chi connectivity index (χ2n) is 3.03. The Balaban J connectivity index is 2.66. The molecule has 0 atom stereocenters. The molecule has 1 aromatic carbocycles. The molecule has 0 spiro atoms. The third-order valence-electron chi connectivity index (χ3n) is 1.35. The van der Waals surface area contributed by atoms with Gasteiger partial charge in [0.25, 0.3) is 0 Å². The van der Waals surface area contributed by atoms with Crippen molar-refractivity contribution in [3.63, 3.8) is 0 Å². The molecule has 0 aromatic heterocycles. The van der Waals surface area contributed by atoms with Crippen LogP contribution < -0.4 is 0 Å². The van der Waals surface area contributed by atoms with Gasteiger partial charge in [0, 0.05) is 5.75 Å². The van der Waals surface area contributed by atoms with Gasteiger partial charge >= 0.3 is 0 Å². The van der Waals surface area contributed by atoms with Crippen LogP contribution in [0.2, 0.25) is 0 Å². The number of rotatable bonds is 2. The monoisotopic (exact) mass is 188 g/mol. The van der Waals surface area contributed by atoms with E-state index in [4.69, 9.17) is 10.7 Å². The fraction of sp³-hybridized carbons (Fsp3) is 0.333. The van der Waals surface area contributed by atoms with Crippen molar-refractivity contribution in [2.45, 2.75) is 5.75 Å².